The number of ether oxygens (including phenoxy) is 2. The summed E-state index contributed by atoms with van der Waals surface area (Å²) < 4.78 is 11.3. The molecule has 0 spiro atoms. The van der Waals surface area contributed by atoms with Crippen molar-refractivity contribution in [1.29, 1.82) is 0 Å². The van der Waals surface area contributed by atoms with Crippen molar-refractivity contribution >= 4 is 33.5 Å². The van der Waals surface area contributed by atoms with Crippen LogP contribution in [0.25, 0.3) is 10.9 Å². The molecule has 0 unspecified atom stereocenters. The second-order valence-corrected chi connectivity index (χ2v) is 3.91. The van der Waals surface area contributed by atoms with E-state index in [0.717, 1.165) is 14.6 Å². The van der Waals surface area contributed by atoms with Crippen LogP contribution in [-0.4, -0.2) is 24.2 Å². The van der Waals surface area contributed by atoms with Crippen molar-refractivity contribution in [3.8, 4) is 11.5 Å². The summed E-state index contributed by atoms with van der Waals surface area (Å²) in [5.74, 6) is 1.37. The number of nitrogens with zero attached hydrogens (tertiary/aromatic N) is 2. The standard InChI is InChI=1S/C10H9IN2O2/c1-14-8-3-6-7(4-9(8)15-2)12-5-13-10(6)11/h3-5H,1-2H3. The number of halogens is 1. The molecule has 1 heterocycles. The van der Waals surface area contributed by atoms with Crippen molar-refractivity contribution in [3.05, 3.63) is 22.2 Å². The normalized spacial score (nSPS) is 10.3. The third-order valence-electron chi connectivity index (χ3n) is 2.09. The molecule has 4 nitrogen and oxygen atoms in total. The molecule has 0 radical (unpaired) electrons. The van der Waals surface area contributed by atoms with Crippen LogP contribution in [-0.2, 0) is 0 Å². The van der Waals surface area contributed by atoms with Crippen LogP contribution in [0.3, 0.4) is 0 Å². The van der Waals surface area contributed by atoms with Crippen LogP contribution in [0.2, 0.25) is 0 Å². The predicted molar refractivity (Wildman–Crippen MR) is 65.4 cm³/mol. The van der Waals surface area contributed by atoms with Gasteiger partial charge in [-0.05, 0) is 28.7 Å². The summed E-state index contributed by atoms with van der Waals surface area (Å²) in [6, 6.07) is 3.73. The molecule has 78 valence electrons. The minimum Gasteiger partial charge on any atom is -0.493 e. The molecule has 2 rings (SSSR count). The minimum absolute atomic E-state index is 0.680. The quantitative estimate of drug-likeness (QED) is 0.630. The zero-order valence-corrected chi connectivity index (χ0v) is 10.5. The fraction of sp³-hybridized carbons (Fsp3) is 0.200. The first kappa shape index (κ1) is 10.4. The van der Waals surface area contributed by atoms with E-state index in [9.17, 15) is 0 Å². The fourth-order valence-corrected chi connectivity index (χ4v) is 1.91. The second-order valence-electron chi connectivity index (χ2n) is 2.89. The Morgan fingerprint density at radius 3 is 2.40 bits per heavy atom. The van der Waals surface area contributed by atoms with Crippen LogP contribution in [0.15, 0.2) is 18.5 Å². The Labute approximate surface area is 101 Å². The van der Waals surface area contributed by atoms with Crippen LogP contribution in [0, 0.1) is 3.70 Å². The van der Waals surface area contributed by atoms with Gasteiger partial charge in [0, 0.05) is 11.5 Å². The lowest BCUT2D eigenvalue weighted by atomic mass is 10.2. The molecule has 0 N–H and O–H groups in total. The van der Waals surface area contributed by atoms with Crippen LogP contribution < -0.4 is 9.47 Å². The van der Waals surface area contributed by atoms with Gasteiger partial charge in [-0.3, -0.25) is 0 Å². The first-order valence-electron chi connectivity index (χ1n) is 4.28. The first-order chi connectivity index (χ1) is 7.26. The highest BCUT2D eigenvalue weighted by Crippen LogP contribution is 2.32. The van der Waals surface area contributed by atoms with Gasteiger partial charge in [-0.15, -0.1) is 0 Å². The van der Waals surface area contributed by atoms with Gasteiger partial charge in [0.1, 0.15) is 10.0 Å². The molecule has 0 atom stereocenters. The maximum absolute atomic E-state index is 5.22. The van der Waals surface area contributed by atoms with Gasteiger partial charge >= 0.3 is 0 Å². The molecule has 0 saturated heterocycles. The van der Waals surface area contributed by atoms with E-state index in [2.05, 4.69) is 32.6 Å². The fourth-order valence-electron chi connectivity index (χ4n) is 1.35. The van der Waals surface area contributed by atoms with Gasteiger partial charge in [-0.25, -0.2) is 9.97 Å². The third-order valence-corrected chi connectivity index (χ3v) is 2.95. The summed E-state index contributed by atoms with van der Waals surface area (Å²) in [5, 5.41) is 0.968. The lowest BCUT2D eigenvalue weighted by Crippen LogP contribution is -1.93. The first-order valence-corrected chi connectivity index (χ1v) is 5.36. The number of benzene rings is 1. The van der Waals surface area contributed by atoms with Crippen molar-refractivity contribution in [2.24, 2.45) is 0 Å². The van der Waals surface area contributed by atoms with Gasteiger partial charge in [0.15, 0.2) is 11.5 Å². The van der Waals surface area contributed by atoms with Crippen molar-refractivity contribution in [2.75, 3.05) is 14.2 Å². The molecule has 15 heavy (non-hydrogen) atoms. The molecular weight excluding hydrogens is 307 g/mol. The topological polar surface area (TPSA) is 44.2 Å². The highest BCUT2D eigenvalue weighted by molar-refractivity contribution is 14.1. The van der Waals surface area contributed by atoms with E-state index in [1.165, 1.54) is 6.33 Å². The van der Waals surface area contributed by atoms with Crippen molar-refractivity contribution in [2.45, 2.75) is 0 Å². The molecule has 2 aromatic rings. The molecule has 0 fully saturated rings. The Bertz CT molecular complexity index is 502. The summed E-state index contributed by atoms with van der Waals surface area (Å²) in [6.45, 7) is 0. The van der Waals surface area contributed by atoms with Gasteiger partial charge in [0.05, 0.1) is 19.7 Å². The average Bonchev–Trinajstić information content (AvgIpc) is 2.28. The van der Waals surface area contributed by atoms with E-state index in [4.69, 9.17) is 9.47 Å². The Balaban J connectivity index is 2.75. The molecule has 5 heteroatoms. The Morgan fingerprint density at radius 2 is 1.73 bits per heavy atom. The van der Waals surface area contributed by atoms with Gasteiger partial charge in [-0.1, -0.05) is 0 Å². The van der Waals surface area contributed by atoms with Crippen molar-refractivity contribution in [1.82, 2.24) is 9.97 Å². The smallest absolute Gasteiger partial charge is 0.162 e. The Kier molecular flexibility index (Phi) is 2.90. The number of aromatic nitrogens is 2. The molecule has 0 bridgehead atoms. The van der Waals surface area contributed by atoms with Crippen molar-refractivity contribution < 1.29 is 9.47 Å². The summed E-state index contributed by atoms with van der Waals surface area (Å²) in [5.41, 5.74) is 0.854. The maximum Gasteiger partial charge on any atom is 0.162 e. The summed E-state index contributed by atoms with van der Waals surface area (Å²) in [4.78, 5) is 8.29. The minimum atomic E-state index is 0.680. The predicted octanol–water partition coefficient (Wildman–Crippen LogP) is 2.25. The van der Waals surface area contributed by atoms with E-state index >= 15 is 0 Å². The van der Waals surface area contributed by atoms with Gasteiger partial charge in [-0.2, -0.15) is 0 Å². The zero-order chi connectivity index (χ0) is 10.8. The number of rotatable bonds is 2. The van der Waals surface area contributed by atoms with E-state index in [0.29, 0.717) is 11.5 Å². The Hall–Kier alpha value is -1.11. The third kappa shape index (κ3) is 1.83. The molecule has 0 aliphatic rings. The van der Waals surface area contributed by atoms with Crippen LogP contribution >= 0.6 is 22.6 Å². The number of methoxy groups -OCH3 is 2. The van der Waals surface area contributed by atoms with Gasteiger partial charge in [0.2, 0.25) is 0 Å². The molecule has 0 aliphatic heterocycles. The average molecular weight is 316 g/mol. The monoisotopic (exact) mass is 316 g/mol. The molecule has 0 aliphatic carbocycles. The summed E-state index contributed by atoms with van der Waals surface area (Å²) >= 11 is 2.17. The van der Waals surface area contributed by atoms with Crippen LogP contribution in [0.4, 0.5) is 0 Å². The largest absolute Gasteiger partial charge is 0.493 e. The van der Waals surface area contributed by atoms with Gasteiger partial charge in [0.25, 0.3) is 0 Å². The second kappa shape index (κ2) is 4.18. The molecule has 1 aromatic heterocycles. The molecule has 0 saturated carbocycles. The molecule has 0 amide bonds. The summed E-state index contributed by atoms with van der Waals surface area (Å²) in [6.07, 6.45) is 1.54. The highest BCUT2D eigenvalue weighted by atomic mass is 127. The lowest BCUT2D eigenvalue weighted by molar-refractivity contribution is 0.355. The molecular formula is C10H9IN2O2. The molecule has 1 aromatic carbocycles. The van der Waals surface area contributed by atoms with Crippen LogP contribution in [0.5, 0.6) is 11.5 Å². The van der Waals surface area contributed by atoms with Crippen LogP contribution in [0.1, 0.15) is 0 Å². The lowest BCUT2D eigenvalue weighted by Gasteiger charge is -2.08. The maximum atomic E-state index is 5.22. The number of hydrogen-bond acceptors (Lipinski definition) is 4. The Morgan fingerprint density at radius 1 is 1.07 bits per heavy atom. The SMILES string of the molecule is COc1cc2ncnc(I)c2cc1OC. The van der Waals surface area contributed by atoms with E-state index in [1.54, 1.807) is 14.2 Å². The zero-order valence-electron chi connectivity index (χ0n) is 8.32. The van der Waals surface area contributed by atoms with Crippen molar-refractivity contribution in [3.63, 3.8) is 0 Å². The van der Waals surface area contributed by atoms with Gasteiger partial charge < -0.3 is 9.47 Å². The number of fused-ring (bicyclic) bond motifs is 1. The van der Waals surface area contributed by atoms with E-state index < -0.39 is 0 Å². The summed E-state index contributed by atoms with van der Waals surface area (Å²) in [7, 11) is 3.22. The van der Waals surface area contributed by atoms with E-state index in [1.807, 2.05) is 12.1 Å². The van der Waals surface area contributed by atoms with E-state index in [-0.39, 0.29) is 0 Å². The number of hydrogen-bond donors (Lipinski definition) is 0. The highest BCUT2D eigenvalue weighted by Gasteiger charge is 2.08.